The van der Waals surface area contributed by atoms with Crippen molar-refractivity contribution in [3.63, 3.8) is 0 Å². The lowest BCUT2D eigenvalue weighted by Gasteiger charge is -2.49. The van der Waals surface area contributed by atoms with Crippen molar-refractivity contribution in [2.24, 2.45) is 11.8 Å². The van der Waals surface area contributed by atoms with Crippen LogP contribution in [-0.2, 0) is 32.3 Å². The van der Waals surface area contributed by atoms with E-state index in [9.17, 15) is 5.11 Å². The minimum absolute atomic E-state index is 0.0710. The molecule has 1 saturated carbocycles. The highest BCUT2D eigenvalue weighted by atomic mass is 17.3. The Labute approximate surface area is 149 Å². The van der Waals surface area contributed by atoms with Crippen molar-refractivity contribution in [3.8, 4) is 0 Å². The first-order valence-electron chi connectivity index (χ1n) is 9.36. The van der Waals surface area contributed by atoms with E-state index >= 15 is 0 Å². The summed E-state index contributed by atoms with van der Waals surface area (Å²) in [5, 5.41) is 9.23. The number of methoxy groups -OCH3 is 1. The molecule has 138 valence electrons. The molecular formula is C20H28O5. The summed E-state index contributed by atoms with van der Waals surface area (Å²) < 4.78 is 12.0. The molecule has 1 N–H and O–H groups in total. The van der Waals surface area contributed by atoms with E-state index in [0.29, 0.717) is 5.92 Å². The van der Waals surface area contributed by atoms with E-state index in [1.54, 1.807) is 7.11 Å². The normalized spacial score (nSPS) is 40.5. The van der Waals surface area contributed by atoms with Crippen LogP contribution in [0.5, 0.6) is 0 Å². The molecule has 1 aromatic rings. The molecule has 3 saturated heterocycles. The topological polar surface area (TPSA) is 57.2 Å². The molecule has 4 aliphatic rings. The standard InChI is InChI=1S/C20H28O5/c1-19-17(11-14-6-8-15(13-21)9-7-14)12-16-5-3-4-10-20(16,25-24-19)18(22-2)23-19/h6-9,16-18,21H,3-5,10-13H2,1-2H3/t16-,17+,18+,19+,20?/m1/s1. The minimum atomic E-state index is -0.807. The molecule has 0 aromatic heterocycles. The maximum atomic E-state index is 9.23. The average molecular weight is 348 g/mol. The average Bonchev–Trinajstić information content (AvgIpc) is 2.83. The van der Waals surface area contributed by atoms with Gasteiger partial charge in [-0.25, -0.2) is 9.78 Å². The van der Waals surface area contributed by atoms with E-state index in [1.165, 1.54) is 12.0 Å². The van der Waals surface area contributed by atoms with E-state index in [4.69, 9.17) is 19.2 Å². The second-order valence-corrected chi connectivity index (χ2v) is 7.88. The Hall–Kier alpha value is -0.980. The third-order valence-corrected chi connectivity index (χ3v) is 6.38. The van der Waals surface area contributed by atoms with Crippen LogP contribution in [0.2, 0.25) is 0 Å². The number of aliphatic hydroxyl groups is 1. The Balaban J connectivity index is 1.62. The van der Waals surface area contributed by atoms with Crippen LogP contribution in [0.3, 0.4) is 0 Å². The first-order chi connectivity index (χ1) is 12.1. The van der Waals surface area contributed by atoms with Crippen molar-refractivity contribution in [1.82, 2.24) is 0 Å². The minimum Gasteiger partial charge on any atom is -0.392 e. The largest absolute Gasteiger partial charge is 0.392 e. The lowest BCUT2D eigenvalue weighted by atomic mass is 9.70. The van der Waals surface area contributed by atoms with Crippen molar-refractivity contribution in [2.45, 2.75) is 69.7 Å². The third-order valence-electron chi connectivity index (χ3n) is 6.38. The van der Waals surface area contributed by atoms with Gasteiger partial charge in [-0.05, 0) is 49.7 Å². The van der Waals surface area contributed by atoms with Crippen molar-refractivity contribution >= 4 is 0 Å². The number of hydrogen-bond donors (Lipinski definition) is 1. The molecule has 4 fully saturated rings. The van der Waals surface area contributed by atoms with E-state index in [2.05, 4.69) is 12.1 Å². The second-order valence-electron chi connectivity index (χ2n) is 7.88. The van der Waals surface area contributed by atoms with Gasteiger partial charge in [0, 0.05) is 13.0 Å². The molecule has 1 aliphatic carbocycles. The summed E-state index contributed by atoms with van der Waals surface area (Å²) in [7, 11) is 1.70. The van der Waals surface area contributed by atoms with Crippen molar-refractivity contribution in [3.05, 3.63) is 35.4 Å². The first-order valence-corrected chi connectivity index (χ1v) is 9.36. The molecule has 5 nitrogen and oxygen atoms in total. The molecule has 0 radical (unpaired) electrons. The van der Waals surface area contributed by atoms with Gasteiger partial charge in [-0.3, -0.25) is 0 Å². The molecule has 1 unspecified atom stereocenters. The lowest BCUT2D eigenvalue weighted by molar-refractivity contribution is -0.553. The van der Waals surface area contributed by atoms with Crippen LogP contribution in [0.1, 0.15) is 50.2 Å². The third kappa shape index (κ3) is 2.92. The SMILES string of the molecule is CO[C@H]1O[C@@]2(C)OOC13CCCC[C@@H]3C[C@@H]2Cc1ccc(CO)cc1. The predicted molar refractivity (Wildman–Crippen MR) is 91.3 cm³/mol. The maximum Gasteiger partial charge on any atom is 0.204 e. The molecule has 2 bridgehead atoms. The van der Waals surface area contributed by atoms with Gasteiger partial charge in [-0.2, -0.15) is 0 Å². The van der Waals surface area contributed by atoms with Gasteiger partial charge in [0.05, 0.1) is 6.61 Å². The number of benzene rings is 1. The zero-order chi connectivity index (χ0) is 17.5. The van der Waals surface area contributed by atoms with Crippen LogP contribution in [0, 0.1) is 11.8 Å². The summed E-state index contributed by atoms with van der Waals surface area (Å²) in [5.41, 5.74) is 1.68. The van der Waals surface area contributed by atoms with E-state index in [1.807, 2.05) is 19.1 Å². The van der Waals surface area contributed by atoms with Crippen molar-refractivity contribution in [2.75, 3.05) is 7.11 Å². The fraction of sp³-hybridized carbons (Fsp3) is 0.700. The molecule has 5 heteroatoms. The van der Waals surface area contributed by atoms with Gasteiger partial charge in [0.15, 0.2) is 11.9 Å². The smallest absolute Gasteiger partial charge is 0.204 e. The predicted octanol–water partition coefficient (Wildman–Crippen LogP) is 3.34. The Morgan fingerprint density at radius 2 is 1.92 bits per heavy atom. The van der Waals surface area contributed by atoms with Gasteiger partial charge >= 0.3 is 0 Å². The fourth-order valence-corrected chi connectivity index (χ4v) is 4.81. The van der Waals surface area contributed by atoms with Gasteiger partial charge in [0.1, 0.15) is 0 Å². The molecular weight excluding hydrogens is 320 g/mol. The summed E-state index contributed by atoms with van der Waals surface area (Å²) in [4.78, 5) is 11.9. The first kappa shape index (κ1) is 17.4. The summed E-state index contributed by atoms with van der Waals surface area (Å²) in [6, 6.07) is 8.11. The maximum absolute atomic E-state index is 9.23. The van der Waals surface area contributed by atoms with Crippen LogP contribution >= 0.6 is 0 Å². The molecule has 3 heterocycles. The highest BCUT2D eigenvalue weighted by molar-refractivity contribution is 5.23. The van der Waals surface area contributed by atoms with Crippen molar-refractivity contribution < 1.29 is 24.4 Å². The second kappa shape index (κ2) is 6.63. The molecule has 5 rings (SSSR count). The summed E-state index contributed by atoms with van der Waals surface area (Å²) >= 11 is 0. The van der Waals surface area contributed by atoms with E-state index in [0.717, 1.165) is 37.7 Å². The van der Waals surface area contributed by atoms with E-state index in [-0.39, 0.29) is 18.8 Å². The van der Waals surface area contributed by atoms with Crippen LogP contribution in [0.15, 0.2) is 24.3 Å². The Kier molecular flexibility index (Phi) is 4.63. The highest BCUT2D eigenvalue weighted by Crippen LogP contribution is 2.54. The molecule has 1 aromatic carbocycles. The number of hydrogen-bond acceptors (Lipinski definition) is 5. The number of rotatable bonds is 4. The molecule has 0 amide bonds. The molecule has 5 atom stereocenters. The zero-order valence-corrected chi connectivity index (χ0v) is 15.1. The summed E-state index contributed by atoms with van der Waals surface area (Å²) in [6.45, 7) is 2.04. The summed E-state index contributed by atoms with van der Waals surface area (Å²) in [6.07, 6.45) is 5.88. The molecule has 1 spiro atoms. The molecule has 3 aliphatic heterocycles. The van der Waals surface area contributed by atoms with Crippen LogP contribution < -0.4 is 0 Å². The highest BCUT2D eigenvalue weighted by Gasteiger charge is 2.62. The van der Waals surface area contributed by atoms with Gasteiger partial charge in [-0.15, -0.1) is 0 Å². The number of aliphatic hydroxyl groups excluding tert-OH is 1. The zero-order valence-electron chi connectivity index (χ0n) is 15.1. The monoisotopic (exact) mass is 348 g/mol. The van der Waals surface area contributed by atoms with Gasteiger partial charge in [-0.1, -0.05) is 37.1 Å². The van der Waals surface area contributed by atoms with Crippen LogP contribution in [0.4, 0.5) is 0 Å². The number of ether oxygens (including phenoxy) is 2. The van der Waals surface area contributed by atoms with Crippen LogP contribution in [0.25, 0.3) is 0 Å². The Morgan fingerprint density at radius 3 is 2.64 bits per heavy atom. The summed E-state index contributed by atoms with van der Waals surface area (Å²) in [5.74, 6) is -0.228. The van der Waals surface area contributed by atoms with Crippen molar-refractivity contribution in [1.29, 1.82) is 0 Å². The van der Waals surface area contributed by atoms with Crippen LogP contribution in [-0.4, -0.2) is 29.9 Å². The lowest BCUT2D eigenvalue weighted by Crippen LogP contribution is -2.60. The van der Waals surface area contributed by atoms with E-state index < -0.39 is 11.4 Å². The number of fused-ring (bicyclic) bond motifs is 3. The van der Waals surface area contributed by atoms with Gasteiger partial charge in [0.25, 0.3) is 0 Å². The quantitative estimate of drug-likeness (QED) is 0.846. The Bertz CT molecular complexity index is 603. The van der Waals surface area contributed by atoms with Gasteiger partial charge < -0.3 is 14.6 Å². The Morgan fingerprint density at radius 1 is 1.16 bits per heavy atom. The molecule has 25 heavy (non-hydrogen) atoms. The fourth-order valence-electron chi connectivity index (χ4n) is 4.81. The van der Waals surface area contributed by atoms with Gasteiger partial charge in [0.2, 0.25) is 5.79 Å².